The van der Waals surface area contributed by atoms with Crippen molar-refractivity contribution in [2.24, 2.45) is 0 Å². The zero-order valence-corrected chi connectivity index (χ0v) is 13.8. The number of hydrogen-bond acceptors (Lipinski definition) is 2. The quantitative estimate of drug-likeness (QED) is 0.793. The smallest absolute Gasteiger partial charge is 0.156 e. The SMILES string of the molecule is CCC(C)(C)NCc1cc(Cl)c(OC(C)C)c(Cl)c1. The van der Waals surface area contributed by atoms with Crippen LogP contribution in [-0.2, 0) is 6.54 Å². The molecule has 0 unspecified atom stereocenters. The van der Waals surface area contributed by atoms with Crippen molar-refractivity contribution in [3.63, 3.8) is 0 Å². The molecule has 4 heteroatoms. The molecule has 0 atom stereocenters. The van der Waals surface area contributed by atoms with Gasteiger partial charge in [0.25, 0.3) is 0 Å². The van der Waals surface area contributed by atoms with Crippen LogP contribution in [-0.4, -0.2) is 11.6 Å². The first kappa shape index (κ1) is 16.6. The second-order valence-electron chi connectivity index (χ2n) is 5.65. The summed E-state index contributed by atoms with van der Waals surface area (Å²) < 4.78 is 5.61. The number of nitrogens with one attached hydrogen (secondary N) is 1. The second kappa shape index (κ2) is 6.83. The van der Waals surface area contributed by atoms with Gasteiger partial charge in [-0.05, 0) is 51.8 Å². The number of halogens is 2. The zero-order chi connectivity index (χ0) is 14.6. The predicted octanol–water partition coefficient (Wildman–Crippen LogP) is 5.06. The Morgan fingerprint density at radius 3 is 2.16 bits per heavy atom. The van der Waals surface area contributed by atoms with Crippen molar-refractivity contribution in [1.82, 2.24) is 5.32 Å². The highest BCUT2D eigenvalue weighted by atomic mass is 35.5. The molecule has 0 radical (unpaired) electrons. The number of rotatable bonds is 6. The van der Waals surface area contributed by atoms with Crippen LogP contribution in [0.1, 0.15) is 46.6 Å². The van der Waals surface area contributed by atoms with E-state index in [1.54, 1.807) is 0 Å². The number of hydrogen-bond donors (Lipinski definition) is 1. The molecule has 0 amide bonds. The van der Waals surface area contributed by atoms with Crippen LogP contribution in [0.5, 0.6) is 5.75 Å². The van der Waals surface area contributed by atoms with Gasteiger partial charge in [-0.25, -0.2) is 0 Å². The van der Waals surface area contributed by atoms with Crippen LogP contribution in [0.4, 0.5) is 0 Å². The molecule has 19 heavy (non-hydrogen) atoms. The third-order valence-electron chi connectivity index (χ3n) is 3.07. The number of benzene rings is 1. The summed E-state index contributed by atoms with van der Waals surface area (Å²) in [6, 6.07) is 3.81. The zero-order valence-electron chi connectivity index (χ0n) is 12.3. The van der Waals surface area contributed by atoms with Crippen molar-refractivity contribution in [2.45, 2.75) is 59.2 Å². The summed E-state index contributed by atoms with van der Waals surface area (Å²) in [5, 5.41) is 4.61. The van der Waals surface area contributed by atoms with Gasteiger partial charge in [-0.1, -0.05) is 30.1 Å². The van der Waals surface area contributed by atoms with Gasteiger partial charge in [-0.3, -0.25) is 0 Å². The first-order chi connectivity index (χ1) is 8.75. The summed E-state index contributed by atoms with van der Waals surface area (Å²) in [4.78, 5) is 0. The van der Waals surface area contributed by atoms with E-state index in [-0.39, 0.29) is 11.6 Å². The maximum atomic E-state index is 6.23. The van der Waals surface area contributed by atoms with E-state index in [2.05, 4.69) is 26.1 Å². The molecule has 1 rings (SSSR count). The minimum absolute atomic E-state index is 0.0537. The van der Waals surface area contributed by atoms with Crippen molar-refractivity contribution in [2.75, 3.05) is 0 Å². The number of ether oxygens (including phenoxy) is 1. The molecule has 2 nitrogen and oxygen atoms in total. The van der Waals surface area contributed by atoms with Crippen LogP contribution in [0, 0.1) is 0 Å². The fourth-order valence-electron chi connectivity index (χ4n) is 1.53. The maximum absolute atomic E-state index is 6.23. The molecule has 0 fully saturated rings. The Hall–Kier alpha value is -0.440. The molecule has 0 saturated carbocycles. The molecule has 0 aliphatic rings. The lowest BCUT2D eigenvalue weighted by Gasteiger charge is -2.25. The van der Waals surface area contributed by atoms with E-state index in [1.807, 2.05) is 26.0 Å². The largest absolute Gasteiger partial charge is 0.488 e. The Morgan fingerprint density at radius 2 is 1.74 bits per heavy atom. The molecule has 0 saturated heterocycles. The van der Waals surface area contributed by atoms with Crippen LogP contribution in [0.25, 0.3) is 0 Å². The fourth-order valence-corrected chi connectivity index (χ4v) is 2.15. The molecule has 0 aromatic heterocycles. The van der Waals surface area contributed by atoms with Gasteiger partial charge >= 0.3 is 0 Å². The van der Waals surface area contributed by atoms with Crippen LogP contribution in [0.2, 0.25) is 10.0 Å². The second-order valence-corrected chi connectivity index (χ2v) is 6.46. The topological polar surface area (TPSA) is 21.3 Å². The minimum atomic E-state index is 0.0537. The Balaban J connectivity index is 2.83. The lowest BCUT2D eigenvalue weighted by atomic mass is 10.0. The fraction of sp³-hybridized carbons (Fsp3) is 0.600. The standard InChI is InChI=1S/C15H23Cl2NO/c1-6-15(4,5)18-9-11-7-12(16)14(13(17)8-11)19-10(2)3/h7-8,10,18H,6,9H2,1-5H3. The first-order valence-electron chi connectivity index (χ1n) is 6.64. The van der Waals surface area contributed by atoms with E-state index in [4.69, 9.17) is 27.9 Å². The van der Waals surface area contributed by atoms with Crippen molar-refractivity contribution in [3.05, 3.63) is 27.7 Å². The molecule has 0 aliphatic carbocycles. The third kappa shape index (κ3) is 5.21. The molecular weight excluding hydrogens is 281 g/mol. The predicted molar refractivity (Wildman–Crippen MR) is 83.4 cm³/mol. The normalized spacial score (nSPS) is 12.0. The van der Waals surface area contributed by atoms with Crippen molar-refractivity contribution < 1.29 is 4.74 Å². The van der Waals surface area contributed by atoms with E-state index >= 15 is 0 Å². The van der Waals surface area contributed by atoms with E-state index in [1.165, 1.54) is 0 Å². The summed E-state index contributed by atoms with van der Waals surface area (Å²) in [7, 11) is 0. The molecular formula is C15H23Cl2NO. The van der Waals surface area contributed by atoms with Gasteiger partial charge in [0.1, 0.15) is 0 Å². The average Bonchev–Trinajstić information content (AvgIpc) is 2.31. The highest BCUT2D eigenvalue weighted by molar-refractivity contribution is 6.37. The maximum Gasteiger partial charge on any atom is 0.156 e. The average molecular weight is 304 g/mol. The van der Waals surface area contributed by atoms with Crippen molar-refractivity contribution in [1.29, 1.82) is 0 Å². The van der Waals surface area contributed by atoms with E-state index in [0.717, 1.165) is 18.5 Å². The lowest BCUT2D eigenvalue weighted by molar-refractivity contribution is 0.242. The van der Waals surface area contributed by atoms with Crippen LogP contribution in [0.3, 0.4) is 0 Å². The summed E-state index contributed by atoms with van der Waals surface area (Å²) in [5.41, 5.74) is 1.17. The minimum Gasteiger partial charge on any atom is -0.488 e. The summed E-state index contributed by atoms with van der Waals surface area (Å²) in [6.07, 6.45) is 1.11. The van der Waals surface area contributed by atoms with Gasteiger partial charge in [0.2, 0.25) is 0 Å². The van der Waals surface area contributed by atoms with Crippen LogP contribution >= 0.6 is 23.2 Å². The summed E-state index contributed by atoms with van der Waals surface area (Å²) >= 11 is 12.5. The molecule has 0 bridgehead atoms. The molecule has 0 heterocycles. The summed E-state index contributed by atoms with van der Waals surface area (Å²) in [6.45, 7) is 11.1. The summed E-state index contributed by atoms with van der Waals surface area (Å²) in [5.74, 6) is 0.567. The van der Waals surface area contributed by atoms with Gasteiger partial charge in [-0.2, -0.15) is 0 Å². The third-order valence-corrected chi connectivity index (χ3v) is 3.63. The van der Waals surface area contributed by atoms with Gasteiger partial charge in [0.05, 0.1) is 16.1 Å². The highest BCUT2D eigenvalue weighted by Crippen LogP contribution is 2.35. The van der Waals surface area contributed by atoms with Gasteiger partial charge in [0, 0.05) is 12.1 Å². The Kier molecular flexibility index (Phi) is 5.97. The van der Waals surface area contributed by atoms with Gasteiger partial charge < -0.3 is 10.1 Å². The molecule has 1 aromatic rings. The Bertz CT molecular complexity index is 407. The van der Waals surface area contributed by atoms with Crippen molar-refractivity contribution in [3.8, 4) is 5.75 Å². The molecule has 1 N–H and O–H groups in total. The van der Waals surface area contributed by atoms with Gasteiger partial charge in [0.15, 0.2) is 5.75 Å². The van der Waals surface area contributed by atoms with Crippen molar-refractivity contribution >= 4 is 23.2 Å². The van der Waals surface area contributed by atoms with E-state index < -0.39 is 0 Å². The Morgan fingerprint density at radius 1 is 1.21 bits per heavy atom. The monoisotopic (exact) mass is 303 g/mol. The molecule has 0 aliphatic heterocycles. The van der Waals surface area contributed by atoms with Crippen LogP contribution in [0.15, 0.2) is 12.1 Å². The van der Waals surface area contributed by atoms with Crippen LogP contribution < -0.4 is 10.1 Å². The molecule has 0 spiro atoms. The Labute approximate surface area is 126 Å². The van der Waals surface area contributed by atoms with E-state index in [9.17, 15) is 0 Å². The van der Waals surface area contributed by atoms with Gasteiger partial charge in [-0.15, -0.1) is 0 Å². The molecule has 108 valence electrons. The lowest BCUT2D eigenvalue weighted by Crippen LogP contribution is -2.37. The molecule has 1 aromatic carbocycles. The first-order valence-corrected chi connectivity index (χ1v) is 7.40. The van der Waals surface area contributed by atoms with E-state index in [0.29, 0.717) is 15.8 Å². The highest BCUT2D eigenvalue weighted by Gasteiger charge is 2.15.